The van der Waals surface area contributed by atoms with Gasteiger partial charge >= 0.3 is 0 Å². The van der Waals surface area contributed by atoms with Gasteiger partial charge in [-0.25, -0.2) is 9.97 Å². The summed E-state index contributed by atoms with van der Waals surface area (Å²) in [6.45, 7) is 3.87. The molecule has 5 nitrogen and oxygen atoms in total. The zero-order chi connectivity index (χ0) is 14.5. The maximum atomic E-state index is 11.0. The number of carbonyl (C=O) groups excluding carboxylic acids is 1. The van der Waals surface area contributed by atoms with Crippen molar-refractivity contribution in [3.05, 3.63) is 17.0 Å². The van der Waals surface area contributed by atoms with E-state index in [0.717, 1.165) is 50.4 Å². The second-order valence-corrected chi connectivity index (χ2v) is 5.70. The van der Waals surface area contributed by atoms with Gasteiger partial charge in [0.25, 0.3) is 0 Å². The van der Waals surface area contributed by atoms with Gasteiger partial charge in [-0.15, -0.1) is 0 Å². The number of hydrogen-bond donors (Lipinski definition) is 1. The third-order valence-corrected chi connectivity index (χ3v) is 3.82. The molecule has 1 saturated heterocycles. The molecule has 0 aromatic carbocycles. The maximum Gasteiger partial charge on any atom is 0.217 e. The van der Waals surface area contributed by atoms with Gasteiger partial charge in [0, 0.05) is 32.0 Å². The Morgan fingerprint density at radius 1 is 1.45 bits per heavy atom. The van der Waals surface area contributed by atoms with Crippen LogP contribution in [0.4, 0.5) is 5.82 Å². The number of amides is 1. The van der Waals surface area contributed by atoms with Gasteiger partial charge in [-0.3, -0.25) is 4.79 Å². The zero-order valence-corrected chi connectivity index (χ0v) is 12.6. The predicted octanol–water partition coefficient (Wildman–Crippen LogP) is 2.17. The number of primary amides is 1. The molecule has 20 heavy (non-hydrogen) atoms. The summed E-state index contributed by atoms with van der Waals surface area (Å²) in [5, 5.41) is 0.498. The highest BCUT2D eigenvalue weighted by molar-refractivity contribution is 6.29. The topological polar surface area (TPSA) is 72.1 Å². The lowest BCUT2D eigenvalue weighted by molar-refractivity contribution is -0.119. The zero-order valence-electron chi connectivity index (χ0n) is 11.8. The van der Waals surface area contributed by atoms with Gasteiger partial charge in [-0.05, 0) is 25.2 Å². The molecule has 110 valence electrons. The minimum absolute atomic E-state index is 0.209. The number of nitrogens with two attached hydrogens (primary N) is 1. The summed E-state index contributed by atoms with van der Waals surface area (Å²) >= 11 is 6.06. The number of nitrogens with zero attached hydrogens (tertiary/aromatic N) is 3. The van der Waals surface area contributed by atoms with E-state index in [2.05, 4.69) is 21.8 Å². The standard InChI is InChI=1S/C14H21ClN4O/c1-2-3-13-17-11(15)9-14(18-13)19-6-4-10(5-7-19)8-12(16)20/h9-10H,2-8H2,1H3,(H2,16,20). The largest absolute Gasteiger partial charge is 0.370 e. The first-order valence-electron chi connectivity index (χ1n) is 7.15. The molecule has 0 saturated carbocycles. The second-order valence-electron chi connectivity index (χ2n) is 5.32. The highest BCUT2D eigenvalue weighted by Crippen LogP contribution is 2.25. The Morgan fingerprint density at radius 3 is 2.75 bits per heavy atom. The average molecular weight is 297 g/mol. The van der Waals surface area contributed by atoms with Crippen LogP contribution in [0, 0.1) is 5.92 Å². The summed E-state index contributed by atoms with van der Waals surface area (Å²) in [7, 11) is 0. The van der Waals surface area contributed by atoms with Gasteiger partial charge in [-0.2, -0.15) is 0 Å². The van der Waals surface area contributed by atoms with Gasteiger partial charge < -0.3 is 10.6 Å². The van der Waals surface area contributed by atoms with Crippen molar-refractivity contribution >= 4 is 23.3 Å². The number of rotatable bonds is 5. The van der Waals surface area contributed by atoms with Crippen LogP contribution < -0.4 is 10.6 Å². The molecule has 2 heterocycles. The Labute approximate surface area is 124 Å². The van der Waals surface area contributed by atoms with Gasteiger partial charge in [-0.1, -0.05) is 18.5 Å². The highest BCUT2D eigenvalue weighted by atomic mass is 35.5. The van der Waals surface area contributed by atoms with E-state index >= 15 is 0 Å². The molecule has 1 aliphatic rings. The molecule has 0 unspecified atom stereocenters. The van der Waals surface area contributed by atoms with Crippen LogP contribution in [-0.4, -0.2) is 29.0 Å². The van der Waals surface area contributed by atoms with Crippen LogP contribution in [0.5, 0.6) is 0 Å². The van der Waals surface area contributed by atoms with Crippen LogP contribution in [0.3, 0.4) is 0 Å². The first kappa shape index (κ1) is 15.0. The van der Waals surface area contributed by atoms with E-state index in [1.54, 1.807) is 0 Å². The van der Waals surface area contributed by atoms with Crippen LogP contribution in [0.15, 0.2) is 6.07 Å². The number of aromatic nitrogens is 2. The molecule has 2 N–H and O–H groups in total. The number of halogens is 1. The van der Waals surface area contributed by atoms with Crippen molar-refractivity contribution in [2.75, 3.05) is 18.0 Å². The molecule has 2 rings (SSSR count). The van der Waals surface area contributed by atoms with Crippen molar-refractivity contribution in [2.45, 2.75) is 39.0 Å². The smallest absolute Gasteiger partial charge is 0.217 e. The Kier molecular flexibility index (Phi) is 5.17. The molecule has 0 bridgehead atoms. The molecule has 0 spiro atoms. The van der Waals surface area contributed by atoms with Crippen molar-refractivity contribution in [1.82, 2.24) is 9.97 Å². The summed E-state index contributed by atoms with van der Waals surface area (Å²) in [6.07, 6.45) is 4.26. The summed E-state index contributed by atoms with van der Waals surface area (Å²) in [4.78, 5) is 22.0. The fourth-order valence-electron chi connectivity index (χ4n) is 2.60. The van der Waals surface area contributed by atoms with Crippen LogP contribution in [0.1, 0.15) is 38.4 Å². The first-order chi connectivity index (χ1) is 9.58. The Bertz CT molecular complexity index is 472. The molecule has 0 atom stereocenters. The van der Waals surface area contributed by atoms with Crippen LogP contribution in [-0.2, 0) is 11.2 Å². The van der Waals surface area contributed by atoms with Crippen molar-refractivity contribution in [3.8, 4) is 0 Å². The number of carbonyl (C=O) groups is 1. The SMILES string of the molecule is CCCc1nc(Cl)cc(N2CCC(CC(N)=O)CC2)n1. The molecule has 6 heteroatoms. The molecule has 1 aromatic rings. The first-order valence-corrected chi connectivity index (χ1v) is 7.53. The summed E-state index contributed by atoms with van der Waals surface area (Å²) in [6, 6.07) is 1.81. The van der Waals surface area contributed by atoms with Crippen LogP contribution >= 0.6 is 11.6 Å². The predicted molar refractivity (Wildman–Crippen MR) is 79.8 cm³/mol. The van der Waals surface area contributed by atoms with Crippen LogP contribution in [0.25, 0.3) is 0 Å². The molecule has 1 aliphatic heterocycles. The van der Waals surface area contributed by atoms with Gasteiger partial charge in [0.15, 0.2) is 0 Å². The quantitative estimate of drug-likeness (QED) is 0.845. The van der Waals surface area contributed by atoms with E-state index in [1.807, 2.05) is 6.07 Å². The van der Waals surface area contributed by atoms with Crippen molar-refractivity contribution in [1.29, 1.82) is 0 Å². The average Bonchev–Trinajstić information content (AvgIpc) is 2.38. The van der Waals surface area contributed by atoms with Crippen molar-refractivity contribution in [3.63, 3.8) is 0 Å². The molecular weight excluding hydrogens is 276 g/mol. The van der Waals surface area contributed by atoms with E-state index in [1.165, 1.54) is 0 Å². The molecule has 1 aromatic heterocycles. The number of piperidine rings is 1. The number of hydrogen-bond acceptors (Lipinski definition) is 4. The van der Waals surface area contributed by atoms with Crippen LogP contribution in [0.2, 0.25) is 5.15 Å². The summed E-state index contributed by atoms with van der Waals surface area (Å²) in [5.74, 6) is 1.88. The van der Waals surface area contributed by atoms with Gasteiger partial charge in [0.05, 0.1) is 0 Å². The van der Waals surface area contributed by atoms with E-state index in [4.69, 9.17) is 17.3 Å². The fourth-order valence-corrected chi connectivity index (χ4v) is 2.79. The van der Waals surface area contributed by atoms with E-state index < -0.39 is 0 Å². The van der Waals surface area contributed by atoms with E-state index in [0.29, 0.717) is 17.5 Å². The van der Waals surface area contributed by atoms with Crippen molar-refractivity contribution < 1.29 is 4.79 Å². The minimum atomic E-state index is -0.209. The second kappa shape index (κ2) is 6.88. The van der Waals surface area contributed by atoms with Crippen molar-refractivity contribution in [2.24, 2.45) is 11.7 Å². The van der Waals surface area contributed by atoms with E-state index in [-0.39, 0.29) is 5.91 Å². The third kappa shape index (κ3) is 4.07. The molecule has 1 amide bonds. The fraction of sp³-hybridized carbons (Fsp3) is 0.643. The highest BCUT2D eigenvalue weighted by Gasteiger charge is 2.22. The lowest BCUT2D eigenvalue weighted by Crippen LogP contribution is -2.35. The van der Waals surface area contributed by atoms with Gasteiger partial charge in [0.1, 0.15) is 16.8 Å². The minimum Gasteiger partial charge on any atom is -0.370 e. The maximum absolute atomic E-state index is 11.0. The molecular formula is C14H21ClN4O. The molecule has 1 fully saturated rings. The summed E-state index contributed by atoms with van der Waals surface area (Å²) in [5.41, 5.74) is 5.25. The number of aryl methyl sites for hydroxylation is 1. The lowest BCUT2D eigenvalue weighted by atomic mass is 9.93. The lowest BCUT2D eigenvalue weighted by Gasteiger charge is -2.32. The summed E-state index contributed by atoms with van der Waals surface area (Å²) < 4.78 is 0. The Morgan fingerprint density at radius 2 is 2.15 bits per heavy atom. The van der Waals surface area contributed by atoms with Gasteiger partial charge in [0.2, 0.25) is 5.91 Å². The Hall–Kier alpha value is -1.36. The Balaban J connectivity index is 2.01. The number of anilines is 1. The normalized spacial score (nSPS) is 16.4. The van der Waals surface area contributed by atoms with E-state index in [9.17, 15) is 4.79 Å². The molecule has 0 radical (unpaired) electrons. The third-order valence-electron chi connectivity index (χ3n) is 3.63. The monoisotopic (exact) mass is 296 g/mol. The molecule has 0 aliphatic carbocycles.